The van der Waals surface area contributed by atoms with Crippen LogP contribution in [0.4, 0.5) is 10.7 Å². The molecular weight excluding hydrogens is 520 g/mol. The van der Waals surface area contributed by atoms with E-state index in [-0.39, 0.29) is 17.6 Å². The first-order valence-electron chi connectivity index (χ1n) is 11.6. The van der Waals surface area contributed by atoms with Gasteiger partial charge >= 0.3 is 5.97 Å². The van der Waals surface area contributed by atoms with E-state index in [1.807, 2.05) is 48.7 Å². The summed E-state index contributed by atoms with van der Waals surface area (Å²) in [5, 5.41) is 8.00. The molecule has 1 heterocycles. The molecule has 2 amide bonds. The minimum atomic E-state index is -0.510. The molecule has 0 bridgehead atoms. The topological polar surface area (TPSA) is 93.7 Å². The van der Waals surface area contributed by atoms with Crippen LogP contribution in [0.1, 0.15) is 26.3 Å². The molecule has 0 aliphatic heterocycles. The van der Waals surface area contributed by atoms with E-state index in [1.165, 1.54) is 30.2 Å². The maximum absolute atomic E-state index is 12.8. The molecule has 0 atom stereocenters. The van der Waals surface area contributed by atoms with E-state index in [1.54, 1.807) is 43.5 Å². The third-order valence-electron chi connectivity index (χ3n) is 5.59. The van der Waals surface area contributed by atoms with Gasteiger partial charge in [0.1, 0.15) is 16.3 Å². The molecule has 0 saturated heterocycles. The second kappa shape index (κ2) is 12.4. The van der Waals surface area contributed by atoms with Gasteiger partial charge in [0.15, 0.2) is 0 Å². The molecule has 4 aromatic rings. The van der Waals surface area contributed by atoms with Crippen LogP contribution in [-0.4, -0.2) is 37.8 Å². The molecule has 0 saturated carbocycles. The molecule has 0 aliphatic rings. The van der Waals surface area contributed by atoms with Crippen molar-refractivity contribution >= 4 is 51.6 Å². The molecule has 194 valence electrons. The van der Waals surface area contributed by atoms with Gasteiger partial charge in [0.2, 0.25) is 5.91 Å². The highest BCUT2D eigenvalue weighted by Gasteiger charge is 2.22. The van der Waals surface area contributed by atoms with Crippen molar-refractivity contribution in [2.45, 2.75) is 11.8 Å². The summed E-state index contributed by atoms with van der Waals surface area (Å²) in [5.74, 6) is -0.320. The minimum Gasteiger partial charge on any atom is -0.497 e. The Hall–Kier alpha value is -4.08. The van der Waals surface area contributed by atoms with Gasteiger partial charge in [-0.15, -0.1) is 23.1 Å². The van der Waals surface area contributed by atoms with E-state index in [0.717, 1.165) is 16.0 Å². The fourth-order valence-corrected chi connectivity index (χ4v) is 5.37. The van der Waals surface area contributed by atoms with Gasteiger partial charge in [-0.05, 0) is 48.9 Å². The summed E-state index contributed by atoms with van der Waals surface area (Å²) in [6.07, 6.45) is 0. The smallest absolute Gasteiger partial charge is 0.341 e. The van der Waals surface area contributed by atoms with E-state index in [9.17, 15) is 14.4 Å². The molecular formula is C29H26N2O5S2. The number of carbonyl (C=O) groups excluding carboxylic acids is 3. The lowest BCUT2D eigenvalue weighted by Gasteiger charge is -2.09. The van der Waals surface area contributed by atoms with E-state index >= 15 is 0 Å². The van der Waals surface area contributed by atoms with E-state index in [0.29, 0.717) is 33.1 Å². The maximum atomic E-state index is 12.8. The Morgan fingerprint density at radius 3 is 2.42 bits per heavy atom. The second-order valence-electron chi connectivity index (χ2n) is 8.26. The van der Waals surface area contributed by atoms with Crippen molar-refractivity contribution in [3.63, 3.8) is 0 Å². The zero-order valence-corrected chi connectivity index (χ0v) is 22.7. The van der Waals surface area contributed by atoms with Crippen molar-refractivity contribution in [2.75, 3.05) is 30.6 Å². The van der Waals surface area contributed by atoms with Crippen molar-refractivity contribution in [1.82, 2.24) is 0 Å². The monoisotopic (exact) mass is 546 g/mol. The van der Waals surface area contributed by atoms with Gasteiger partial charge in [-0.25, -0.2) is 4.79 Å². The largest absolute Gasteiger partial charge is 0.497 e. The van der Waals surface area contributed by atoms with Gasteiger partial charge in [-0.1, -0.05) is 42.0 Å². The first kappa shape index (κ1) is 27.0. The van der Waals surface area contributed by atoms with Crippen LogP contribution < -0.4 is 15.4 Å². The Morgan fingerprint density at radius 2 is 1.68 bits per heavy atom. The number of anilines is 2. The van der Waals surface area contributed by atoms with Crippen molar-refractivity contribution in [3.05, 3.63) is 94.9 Å². The van der Waals surface area contributed by atoms with Gasteiger partial charge in [0.25, 0.3) is 5.91 Å². The summed E-state index contributed by atoms with van der Waals surface area (Å²) in [6, 6.07) is 22.0. The van der Waals surface area contributed by atoms with Crippen LogP contribution in [0.5, 0.6) is 5.75 Å². The highest BCUT2D eigenvalue weighted by atomic mass is 32.2. The van der Waals surface area contributed by atoms with Crippen LogP contribution in [0.25, 0.3) is 11.1 Å². The number of aryl methyl sites for hydroxylation is 1. The Kier molecular flexibility index (Phi) is 8.83. The van der Waals surface area contributed by atoms with Gasteiger partial charge in [0, 0.05) is 27.1 Å². The van der Waals surface area contributed by atoms with Crippen LogP contribution in [0.3, 0.4) is 0 Å². The summed E-state index contributed by atoms with van der Waals surface area (Å²) in [7, 11) is 2.87. The van der Waals surface area contributed by atoms with E-state index in [4.69, 9.17) is 9.47 Å². The summed E-state index contributed by atoms with van der Waals surface area (Å²) in [5.41, 5.74) is 4.11. The normalized spacial score (nSPS) is 10.5. The number of hydrogen-bond acceptors (Lipinski definition) is 7. The molecule has 0 spiro atoms. The summed E-state index contributed by atoms with van der Waals surface area (Å²) < 4.78 is 10.2. The van der Waals surface area contributed by atoms with Crippen molar-refractivity contribution in [2.24, 2.45) is 0 Å². The summed E-state index contributed by atoms with van der Waals surface area (Å²) in [4.78, 5) is 38.8. The van der Waals surface area contributed by atoms with Crippen LogP contribution in [0.2, 0.25) is 0 Å². The Labute approximate surface area is 229 Å². The van der Waals surface area contributed by atoms with Crippen LogP contribution in [-0.2, 0) is 9.53 Å². The third-order valence-corrected chi connectivity index (χ3v) is 7.48. The quantitative estimate of drug-likeness (QED) is 0.184. The fourth-order valence-electron chi connectivity index (χ4n) is 3.64. The highest BCUT2D eigenvalue weighted by Crippen LogP contribution is 2.36. The lowest BCUT2D eigenvalue weighted by molar-refractivity contribution is -0.113. The third kappa shape index (κ3) is 6.62. The molecule has 0 unspecified atom stereocenters. The molecule has 0 fully saturated rings. The molecule has 0 aliphatic carbocycles. The number of benzene rings is 3. The Bertz CT molecular complexity index is 1460. The average Bonchev–Trinajstić information content (AvgIpc) is 3.35. The number of amides is 2. The minimum absolute atomic E-state index is 0.117. The summed E-state index contributed by atoms with van der Waals surface area (Å²) >= 11 is 2.60. The van der Waals surface area contributed by atoms with Crippen LogP contribution in [0, 0.1) is 6.92 Å². The number of carbonyl (C=O) groups is 3. The number of rotatable bonds is 9. The number of ether oxygens (including phenoxy) is 2. The van der Waals surface area contributed by atoms with Gasteiger partial charge in [-0.3, -0.25) is 9.59 Å². The van der Waals surface area contributed by atoms with Gasteiger partial charge in [-0.2, -0.15) is 0 Å². The number of esters is 1. The van der Waals surface area contributed by atoms with E-state index < -0.39 is 5.97 Å². The lowest BCUT2D eigenvalue weighted by atomic mass is 10.0. The zero-order chi connectivity index (χ0) is 27.1. The second-order valence-corrected chi connectivity index (χ2v) is 10.2. The lowest BCUT2D eigenvalue weighted by Crippen LogP contribution is -2.16. The highest BCUT2D eigenvalue weighted by molar-refractivity contribution is 8.00. The average molecular weight is 547 g/mol. The predicted octanol–water partition coefficient (Wildman–Crippen LogP) is 6.50. The first-order chi connectivity index (χ1) is 18.4. The van der Waals surface area contributed by atoms with Crippen molar-refractivity contribution < 1.29 is 23.9 Å². The SMILES string of the molecule is COC(=O)c1c(-c2ccc(C)cc2)csc1NC(=O)CSc1cccc(NC(=O)c2cccc(OC)c2)c1. The molecule has 3 aromatic carbocycles. The molecule has 2 N–H and O–H groups in total. The van der Waals surface area contributed by atoms with E-state index in [2.05, 4.69) is 10.6 Å². The van der Waals surface area contributed by atoms with Crippen LogP contribution in [0.15, 0.2) is 83.1 Å². The summed E-state index contributed by atoms with van der Waals surface area (Å²) in [6.45, 7) is 1.99. The zero-order valence-electron chi connectivity index (χ0n) is 21.1. The van der Waals surface area contributed by atoms with Gasteiger partial charge < -0.3 is 20.1 Å². The van der Waals surface area contributed by atoms with Gasteiger partial charge in [0.05, 0.1) is 20.0 Å². The van der Waals surface area contributed by atoms with Crippen molar-refractivity contribution in [3.8, 4) is 16.9 Å². The predicted molar refractivity (Wildman–Crippen MR) is 153 cm³/mol. The molecule has 9 heteroatoms. The number of nitrogens with one attached hydrogen (secondary N) is 2. The Morgan fingerprint density at radius 1 is 0.921 bits per heavy atom. The number of thioether (sulfide) groups is 1. The fraction of sp³-hybridized carbons (Fsp3) is 0.138. The number of hydrogen-bond donors (Lipinski definition) is 2. The first-order valence-corrected chi connectivity index (χ1v) is 13.5. The maximum Gasteiger partial charge on any atom is 0.341 e. The molecule has 7 nitrogen and oxygen atoms in total. The molecule has 38 heavy (non-hydrogen) atoms. The number of thiophene rings is 1. The standard InChI is InChI=1S/C29H26N2O5S2/c1-18-10-12-19(13-11-18)24-16-38-28(26(24)29(34)36-3)31-25(32)17-37-23-9-5-7-21(15-23)30-27(33)20-6-4-8-22(14-20)35-2/h4-16H,17H2,1-3H3,(H,30,33)(H,31,32). The molecule has 4 rings (SSSR count). The molecule has 1 aromatic heterocycles. The van der Waals surface area contributed by atoms with Crippen LogP contribution >= 0.6 is 23.1 Å². The van der Waals surface area contributed by atoms with Crippen molar-refractivity contribution in [1.29, 1.82) is 0 Å². The molecule has 0 radical (unpaired) electrons. The Balaban J connectivity index is 1.41. The number of methoxy groups -OCH3 is 2.